The van der Waals surface area contributed by atoms with Gasteiger partial charge in [0.05, 0.1) is 4.99 Å². The van der Waals surface area contributed by atoms with Crippen molar-refractivity contribution in [2.24, 2.45) is 11.7 Å². The first kappa shape index (κ1) is 14.0. The summed E-state index contributed by atoms with van der Waals surface area (Å²) in [5.74, 6) is -0.123. The van der Waals surface area contributed by atoms with Gasteiger partial charge in [0.1, 0.15) is 6.54 Å². The molecule has 98 valence electrons. The summed E-state index contributed by atoms with van der Waals surface area (Å²) in [4.78, 5) is 11.5. The molecule has 1 saturated carbocycles. The van der Waals surface area contributed by atoms with E-state index in [1.54, 1.807) is 5.32 Å². The van der Waals surface area contributed by atoms with Crippen LogP contribution in [0.4, 0.5) is 18.0 Å². The van der Waals surface area contributed by atoms with Crippen molar-refractivity contribution in [1.29, 1.82) is 0 Å². The van der Waals surface area contributed by atoms with Crippen LogP contribution >= 0.6 is 12.2 Å². The van der Waals surface area contributed by atoms with Crippen LogP contribution in [-0.2, 0) is 0 Å². The van der Waals surface area contributed by atoms with E-state index in [1.165, 1.54) is 0 Å². The van der Waals surface area contributed by atoms with Gasteiger partial charge in [-0.25, -0.2) is 4.79 Å². The van der Waals surface area contributed by atoms with Crippen molar-refractivity contribution in [2.45, 2.75) is 31.5 Å². The maximum atomic E-state index is 11.9. The van der Waals surface area contributed by atoms with Crippen LogP contribution in [0.5, 0.6) is 0 Å². The molecule has 0 bridgehead atoms. The van der Waals surface area contributed by atoms with E-state index in [9.17, 15) is 18.0 Å². The van der Waals surface area contributed by atoms with Crippen LogP contribution < -0.4 is 16.4 Å². The average Bonchev–Trinajstić information content (AvgIpc) is 2.62. The van der Waals surface area contributed by atoms with Gasteiger partial charge in [-0.15, -0.1) is 0 Å². The Labute approximate surface area is 102 Å². The Morgan fingerprint density at radius 3 is 2.59 bits per heavy atom. The van der Waals surface area contributed by atoms with Crippen molar-refractivity contribution in [2.75, 3.05) is 6.54 Å². The van der Waals surface area contributed by atoms with Crippen LogP contribution in [0.1, 0.15) is 19.3 Å². The molecule has 0 aromatic heterocycles. The molecule has 4 nitrogen and oxygen atoms in total. The molecule has 0 aromatic carbocycles. The molecule has 0 aromatic rings. The summed E-state index contributed by atoms with van der Waals surface area (Å²) >= 11 is 4.84. The first-order chi connectivity index (χ1) is 7.79. The molecule has 0 spiro atoms. The average molecular weight is 269 g/mol. The maximum Gasteiger partial charge on any atom is 0.405 e. The molecule has 2 atom stereocenters. The number of carbonyl (C=O) groups excluding carboxylic acids is 1. The molecule has 0 heterocycles. The molecule has 2 unspecified atom stereocenters. The lowest BCUT2D eigenvalue weighted by Crippen LogP contribution is -2.48. The van der Waals surface area contributed by atoms with Crippen LogP contribution in [-0.4, -0.2) is 29.8 Å². The molecule has 8 heteroatoms. The SMILES string of the molecule is NC(=S)C1CCCC1NC(=O)NCC(F)(F)F. The fourth-order valence-corrected chi connectivity index (χ4v) is 2.16. The lowest BCUT2D eigenvalue weighted by molar-refractivity contribution is -0.122. The monoisotopic (exact) mass is 269 g/mol. The number of carbonyl (C=O) groups is 1. The summed E-state index contributed by atoms with van der Waals surface area (Å²) in [5.41, 5.74) is 5.49. The fourth-order valence-electron chi connectivity index (χ4n) is 1.87. The van der Waals surface area contributed by atoms with E-state index in [4.69, 9.17) is 18.0 Å². The zero-order valence-corrected chi connectivity index (χ0v) is 9.83. The van der Waals surface area contributed by atoms with Crippen LogP contribution in [0.2, 0.25) is 0 Å². The van der Waals surface area contributed by atoms with E-state index in [-0.39, 0.29) is 12.0 Å². The second-order valence-corrected chi connectivity index (χ2v) is 4.46. The first-order valence-electron chi connectivity index (χ1n) is 5.20. The number of alkyl halides is 3. The number of rotatable bonds is 3. The Morgan fingerprint density at radius 2 is 2.06 bits per heavy atom. The molecule has 2 amide bonds. The van der Waals surface area contributed by atoms with Gasteiger partial charge in [-0.1, -0.05) is 18.6 Å². The third kappa shape index (κ3) is 4.76. The smallest absolute Gasteiger partial charge is 0.393 e. The molecular formula is C9H14F3N3OS. The number of hydrogen-bond acceptors (Lipinski definition) is 2. The van der Waals surface area contributed by atoms with Crippen LogP contribution in [0.15, 0.2) is 0 Å². The van der Waals surface area contributed by atoms with Crippen molar-refractivity contribution in [3.05, 3.63) is 0 Å². The Bertz CT molecular complexity index is 308. The standard InChI is InChI=1S/C9H14F3N3OS/c10-9(11,12)4-14-8(16)15-6-3-1-2-5(6)7(13)17/h5-6H,1-4H2,(H2,13,17)(H2,14,15,16). The quantitative estimate of drug-likeness (QED) is 0.677. The van der Waals surface area contributed by atoms with Crippen molar-refractivity contribution in [1.82, 2.24) is 10.6 Å². The Balaban J connectivity index is 2.38. The number of nitrogens with one attached hydrogen (secondary N) is 2. The molecule has 17 heavy (non-hydrogen) atoms. The van der Waals surface area contributed by atoms with E-state index in [0.29, 0.717) is 11.4 Å². The summed E-state index contributed by atoms with van der Waals surface area (Å²) in [7, 11) is 0. The molecular weight excluding hydrogens is 255 g/mol. The van der Waals surface area contributed by atoms with Gasteiger partial charge in [0.2, 0.25) is 0 Å². The molecule has 0 aliphatic heterocycles. The number of nitrogens with two attached hydrogens (primary N) is 1. The summed E-state index contributed by atoms with van der Waals surface area (Å²) in [6.45, 7) is -1.34. The first-order valence-corrected chi connectivity index (χ1v) is 5.61. The topological polar surface area (TPSA) is 67.1 Å². The van der Waals surface area contributed by atoms with Crippen molar-refractivity contribution in [3.63, 3.8) is 0 Å². The lowest BCUT2D eigenvalue weighted by Gasteiger charge is -2.20. The highest BCUT2D eigenvalue weighted by atomic mass is 32.1. The number of hydrogen-bond donors (Lipinski definition) is 3. The van der Waals surface area contributed by atoms with Gasteiger partial charge in [0.15, 0.2) is 0 Å². The van der Waals surface area contributed by atoms with Gasteiger partial charge >= 0.3 is 12.2 Å². The molecule has 1 rings (SSSR count). The molecule has 4 N–H and O–H groups in total. The lowest BCUT2D eigenvalue weighted by atomic mass is 10.0. The van der Waals surface area contributed by atoms with Crippen LogP contribution in [0.25, 0.3) is 0 Å². The van der Waals surface area contributed by atoms with E-state index in [0.717, 1.165) is 12.8 Å². The second kappa shape index (κ2) is 5.52. The third-order valence-corrected chi connectivity index (χ3v) is 2.95. The molecule has 1 fully saturated rings. The predicted molar refractivity (Wildman–Crippen MR) is 60.5 cm³/mol. The number of urea groups is 1. The zero-order chi connectivity index (χ0) is 13.1. The summed E-state index contributed by atoms with van der Waals surface area (Å²) in [6, 6.07) is -1.10. The summed E-state index contributed by atoms with van der Waals surface area (Å²) in [6.07, 6.45) is -2.11. The minimum atomic E-state index is -4.41. The highest BCUT2D eigenvalue weighted by molar-refractivity contribution is 7.80. The van der Waals surface area contributed by atoms with Gasteiger partial charge in [-0.3, -0.25) is 0 Å². The largest absolute Gasteiger partial charge is 0.405 e. The zero-order valence-electron chi connectivity index (χ0n) is 9.01. The second-order valence-electron chi connectivity index (χ2n) is 3.99. The number of halogens is 3. The van der Waals surface area contributed by atoms with Crippen LogP contribution in [0.3, 0.4) is 0 Å². The minimum absolute atomic E-state index is 0.123. The van der Waals surface area contributed by atoms with Gasteiger partial charge in [-0.2, -0.15) is 13.2 Å². The Hall–Kier alpha value is -1.05. The van der Waals surface area contributed by atoms with Crippen LogP contribution in [0, 0.1) is 5.92 Å². The van der Waals surface area contributed by atoms with Gasteiger partial charge in [0.25, 0.3) is 0 Å². The molecule has 0 saturated heterocycles. The minimum Gasteiger partial charge on any atom is -0.393 e. The highest BCUT2D eigenvalue weighted by Gasteiger charge is 2.32. The number of thiocarbonyl (C=S) groups is 1. The highest BCUT2D eigenvalue weighted by Crippen LogP contribution is 2.25. The van der Waals surface area contributed by atoms with Crippen molar-refractivity contribution < 1.29 is 18.0 Å². The molecule has 1 aliphatic rings. The van der Waals surface area contributed by atoms with Crippen molar-refractivity contribution in [3.8, 4) is 0 Å². The summed E-state index contributed by atoms with van der Waals surface area (Å²) in [5, 5.41) is 4.22. The van der Waals surface area contributed by atoms with E-state index in [2.05, 4.69) is 5.32 Å². The Kier molecular flexibility index (Phi) is 4.55. The molecule has 1 aliphatic carbocycles. The molecule has 0 radical (unpaired) electrons. The number of amides is 2. The normalized spacial score (nSPS) is 24.4. The van der Waals surface area contributed by atoms with Gasteiger partial charge in [-0.05, 0) is 12.8 Å². The van der Waals surface area contributed by atoms with Crippen molar-refractivity contribution >= 4 is 23.2 Å². The predicted octanol–water partition coefficient (Wildman–Crippen LogP) is 1.30. The fraction of sp³-hybridized carbons (Fsp3) is 0.778. The maximum absolute atomic E-state index is 11.9. The summed E-state index contributed by atoms with van der Waals surface area (Å²) < 4.78 is 35.6. The van der Waals surface area contributed by atoms with E-state index >= 15 is 0 Å². The van der Waals surface area contributed by atoms with E-state index in [1.807, 2.05) is 0 Å². The van der Waals surface area contributed by atoms with Gasteiger partial charge < -0.3 is 16.4 Å². The van der Waals surface area contributed by atoms with Gasteiger partial charge in [0, 0.05) is 12.0 Å². The van der Waals surface area contributed by atoms with E-state index < -0.39 is 18.8 Å². The third-order valence-electron chi connectivity index (χ3n) is 2.65. The Morgan fingerprint density at radius 1 is 1.41 bits per heavy atom.